The van der Waals surface area contributed by atoms with Crippen LogP contribution < -0.4 is 17.0 Å². The number of rotatable bonds is 4. The van der Waals surface area contributed by atoms with Gasteiger partial charge < -0.3 is 5.73 Å². The Kier molecular flexibility index (Phi) is 4.81. The Morgan fingerprint density at radius 2 is 1.60 bits per heavy atom. The van der Waals surface area contributed by atoms with E-state index < -0.39 is 0 Å². The van der Waals surface area contributed by atoms with E-state index in [2.05, 4.69) is 59.5 Å². The van der Waals surface area contributed by atoms with Crippen LogP contribution >= 0.6 is 15.9 Å². The van der Waals surface area contributed by atoms with E-state index in [1.165, 1.54) is 5.56 Å². The molecule has 0 aromatic heterocycles. The molecule has 0 saturated carbocycles. The summed E-state index contributed by atoms with van der Waals surface area (Å²) in [6.45, 7) is 4.36. The predicted octanol–water partition coefficient (Wildman–Crippen LogP) is 3.71. The topological polar surface area (TPSA) is 64.1 Å². The Hall–Kier alpha value is -1.36. The minimum absolute atomic E-state index is 0.117. The average molecular weight is 334 g/mol. The zero-order valence-electron chi connectivity index (χ0n) is 11.7. The van der Waals surface area contributed by atoms with Crippen molar-refractivity contribution in [3.8, 4) is 0 Å². The van der Waals surface area contributed by atoms with Gasteiger partial charge >= 0.3 is 0 Å². The first-order valence-electron chi connectivity index (χ1n) is 6.64. The Bertz CT molecular complexity index is 579. The van der Waals surface area contributed by atoms with Gasteiger partial charge in [0.15, 0.2) is 0 Å². The Balaban J connectivity index is 2.39. The number of anilines is 1. The first-order chi connectivity index (χ1) is 9.52. The first kappa shape index (κ1) is 15.0. The van der Waals surface area contributed by atoms with E-state index in [-0.39, 0.29) is 6.04 Å². The van der Waals surface area contributed by atoms with E-state index in [9.17, 15) is 0 Å². The van der Waals surface area contributed by atoms with Gasteiger partial charge in [-0.2, -0.15) is 0 Å². The van der Waals surface area contributed by atoms with Gasteiger partial charge in [-0.3, -0.25) is 5.84 Å². The summed E-state index contributed by atoms with van der Waals surface area (Å²) in [5, 5.41) is 0. The summed E-state index contributed by atoms with van der Waals surface area (Å²) in [6.07, 6.45) is 0. The SMILES string of the molecule is CC(C)c1ccc(C(NN)c2cc(Br)ccc2N)cc1. The third kappa shape index (κ3) is 3.20. The molecule has 2 aromatic carbocycles. The highest BCUT2D eigenvalue weighted by atomic mass is 79.9. The monoisotopic (exact) mass is 333 g/mol. The van der Waals surface area contributed by atoms with Crippen LogP contribution in [0.2, 0.25) is 0 Å². The molecular weight excluding hydrogens is 314 g/mol. The van der Waals surface area contributed by atoms with Crippen molar-refractivity contribution in [3.05, 3.63) is 63.6 Å². The van der Waals surface area contributed by atoms with E-state index in [1.54, 1.807) is 0 Å². The van der Waals surface area contributed by atoms with Crippen molar-refractivity contribution < 1.29 is 0 Å². The normalized spacial score (nSPS) is 12.7. The molecule has 0 saturated heterocycles. The van der Waals surface area contributed by atoms with Crippen LogP contribution in [0.5, 0.6) is 0 Å². The molecule has 1 unspecified atom stereocenters. The standard InChI is InChI=1S/C16H20BrN3/c1-10(2)11-3-5-12(6-4-11)16(20-19)14-9-13(17)7-8-15(14)18/h3-10,16,20H,18-19H2,1-2H3. The van der Waals surface area contributed by atoms with Gasteiger partial charge in [-0.15, -0.1) is 0 Å². The largest absolute Gasteiger partial charge is 0.398 e. The van der Waals surface area contributed by atoms with Crippen LogP contribution in [-0.2, 0) is 0 Å². The molecule has 0 heterocycles. The molecule has 1 atom stereocenters. The quantitative estimate of drug-likeness (QED) is 0.454. The number of benzene rings is 2. The summed E-state index contributed by atoms with van der Waals surface area (Å²) in [5.41, 5.74) is 13.0. The molecule has 0 aliphatic heterocycles. The van der Waals surface area contributed by atoms with E-state index in [4.69, 9.17) is 11.6 Å². The van der Waals surface area contributed by atoms with E-state index in [0.717, 1.165) is 21.3 Å². The van der Waals surface area contributed by atoms with E-state index in [0.29, 0.717) is 5.92 Å². The van der Waals surface area contributed by atoms with Gasteiger partial charge in [-0.05, 0) is 40.8 Å². The number of nitrogens with one attached hydrogen (secondary N) is 1. The van der Waals surface area contributed by atoms with Crippen molar-refractivity contribution in [2.75, 3.05) is 5.73 Å². The molecule has 5 N–H and O–H groups in total. The highest BCUT2D eigenvalue weighted by Gasteiger charge is 2.15. The first-order valence-corrected chi connectivity index (χ1v) is 7.43. The second kappa shape index (κ2) is 6.39. The van der Waals surface area contributed by atoms with Gasteiger partial charge in [0.2, 0.25) is 0 Å². The third-order valence-corrected chi connectivity index (χ3v) is 3.96. The van der Waals surface area contributed by atoms with Crippen LogP contribution in [0, 0.1) is 0 Å². The number of halogens is 1. The van der Waals surface area contributed by atoms with Crippen LogP contribution in [0.1, 0.15) is 42.5 Å². The lowest BCUT2D eigenvalue weighted by atomic mass is 9.95. The summed E-state index contributed by atoms with van der Waals surface area (Å²) in [7, 11) is 0. The average Bonchev–Trinajstić information content (AvgIpc) is 2.44. The molecule has 2 rings (SSSR count). The van der Waals surface area contributed by atoms with Crippen LogP contribution in [0.25, 0.3) is 0 Å². The second-order valence-electron chi connectivity index (χ2n) is 5.19. The molecule has 0 bridgehead atoms. The van der Waals surface area contributed by atoms with Crippen LogP contribution in [0.4, 0.5) is 5.69 Å². The Labute approximate surface area is 128 Å². The fourth-order valence-corrected chi connectivity index (χ4v) is 2.61. The predicted molar refractivity (Wildman–Crippen MR) is 88.3 cm³/mol. The van der Waals surface area contributed by atoms with Crippen LogP contribution in [0.15, 0.2) is 46.9 Å². The highest BCUT2D eigenvalue weighted by molar-refractivity contribution is 9.10. The number of nitrogen functional groups attached to an aromatic ring is 1. The van der Waals surface area contributed by atoms with Gasteiger partial charge in [-0.1, -0.05) is 54.0 Å². The number of hydrogen-bond donors (Lipinski definition) is 3. The second-order valence-corrected chi connectivity index (χ2v) is 6.11. The van der Waals surface area contributed by atoms with E-state index in [1.807, 2.05) is 18.2 Å². The fraction of sp³-hybridized carbons (Fsp3) is 0.250. The summed E-state index contributed by atoms with van der Waals surface area (Å²) < 4.78 is 0.987. The summed E-state index contributed by atoms with van der Waals surface area (Å²) in [5.74, 6) is 6.25. The minimum atomic E-state index is -0.117. The maximum absolute atomic E-state index is 6.06. The molecule has 2 aromatic rings. The van der Waals surface area contributed by atoms with Gasteiger partial charge in [0.1, 0.15) is 0 Å². The minimum Gasteiger partial charge on any atom is -0.398 e. The lowest BCUT2D eigenvalue weighted by molar-refractivity contribution is 0.637. The van der Waals surface area contributed by atoms with Crippen molar-refractivity contribution in [1.29, 1.82) is 0 Å². The number of nitrogens with two attached hydrogens (primary N) is 2. The highest BCUT2D eigenvalue weighted by Crippen LogP contribution is 2.29. The summed E-state index contributed by atoms with van der Waals surface area (Å²) in [4.78, 5) is 0. The smallest absolute Gasteiger partial charge is 0.0730 e. The molecular formula is C16H20BrN3. The van der Waals surface area contributed by atoms with Crippen molar-refractivity contribution in [1.82, 2.24) is 5.43 Å². The van der Waals surface area contributed by atoms with Gasteiger partial charge in [-0.25, -0.2) is 5.43 Å². The van der Waals surface area contributed by atoms with Gasteiger partial charge in [0.05, 0.1) is 6.04 Å². The molecule has 0 fully saturated rings. The Morgan fingerprint density at radius 3 is 2.15 bits per heavy atom. The molecule has 3 nitrogen and oxygen atoms in total. The molecule has 4 heteroatoms. The van der Waals surface area contributed by atoms with E-state index >= 15 is 0 Å². The van der Waals surface area contributed by atoms with Crippen molar-refractivity contribution in [2.45, 2.75) is 25.8 Å². The maximum Gasteiger partial charge on any atom is 0.0730 e. The van der Waals surface area contributed by atoms with Crippen LogP contribution in [0.3, 0.4) is 0 Å². The van der Waals surface area contributed by atoms with Gasteiger partial charge in [0.25, 0.3) is 0 Å². The zero-order chi connectivity index (χ0) is 14.7. The van der Waals surface area contributed by atoms with Crippen LogP contribution in [-0.4, -0.2) is 0 Å². The number of hydrogen-bond acceptors (Lipinski definition) is 3. The molecule has 0 aliphatic rings. The maximum atomic E-state index is 6.06. The molecule has 0 spiro atoms. The molecule has 106 valence electrons. The molecule has 0 amide bonds. The van der Waals surface area contributed by atoms with Crippen molar-refractivity contribution in [2.24, 2.45) is 5.84 Å². The molecule has 20 heavy (non-hydrogen) atoms. The van der Waals surface area contributed by atoms with Gasteiger partial charge in [0, 0.05) is 10.2 Å². The molecule has 0 aliphatic carbocycles. The zero-order valence-corrected chi connectivity index (χ0v) is 13.3. The number of hydrazine groups is 1. The fourth-order valence-electron chi connectivity index (χ4n) is 2.23. The molecule has 0 radical (unpaired) electrons. The Morgan fingerprint density at radius 1 is 1.00 bits per heavy atom. The third-order valence-electron chi connectivity index (χ3n) is 3.46. The lowest BCUT2D eigenvalue weighted by Crippen LogP contribution is -2.29. The lowest BCUT2D eigenvalue weighted by Gasteiger charge is -2.20. The van der Waals surface area contributed by atoms with Crippen molar-refractivity contribution in [3.63, 3.8) is 0 Å². The van der Waals surface area contributed by atoms with Crippen molar-refractivity contribution >= 4 is 21.6 Å². The summed E-state index contributed by atoms with van der Waals surface area (Å²) >= 11 is 3.47. The summed E-state index contributed by atoms with van der Waals surface area (Å²) in [6, 6.07) is 14.2.